The number of ketones is 2. The van der Waals surface area contributed by atoms with Gasteiger partial charge in [-0.05, 0) is 53.5 Å². The number of nitrogens with two attached hydrogens (primary N) is 1. The van der Waals surface area contributed by atoms with Gasteiger partial charge < -0.3 is 16.4 Å². The van der Waals surface area contributed by atoms with Crippen molar-refractivity contribution in [1.29, 1.82) is 0 Å². The molecule has 3 aromatic carbocycles. The van der Waals surface area contributed by atoms with Crippen LogP contribution in [0.2, 0.25) is 10.6 Å². The molecular formula is C23H14Cl2N6O5S. The first kappa shape index (κ1) is 24.6. The van der Waals surface area contributed by atoms with E-state index >= 15 is 0 Å². The van der Waals surface area contributed by atoms with Crippen LogP contribution in [0, 0.1) is 0 Å². The van der Waals surface area contributed by atoms with Crippen LogP contribution in [-0.4, -0.2) is 39.5 Å². The van der Waals surface area contributed by atoms with Gasteiger partial charge in [-0.2, -0.15) is 23.4 Å². The first-order valence-corrected chi connectivity index (χ1v) is 12.6. The van der Waals surface area contributed by atoms with Gasteiger partial charge in [-0.15, -0.1) is 0 Å². The van der Waals surface area contributed by atoms with Crippen molar-refractivity contribution < 1.29 is 22.6 Å². The van der Waals surface area contributed by atoms with Crippen molar-refractivity contribution in [3.8, 4) is 0 Å². The third-order valence-electron chi connectivity index (χ3n) is 5.48. The van der Waals surface area contributed by atoms with Crippen molar-refractivity contribution in [3.63, 3.8) is 0 Å². The van der Waals surface area contributed by atoms with Crippen LogP contribution in [0.25, 0.3) is 0 Å². The van der Waals surface area contributed by atoms with Crippen LogP contribution in [0.3, 0.4) is 0 Å². The number of fused-ring (bicyclic) bond motifs is 2. The molecule has 1 aromatic heterocycles. The van der Waals surface area contributed by atoms with Gasteiger partial charge in [0.05, 0.1) is 22.5 Å². The average molecular weight is 557 g/mol. The maximum absolute atomic E-state index is 13.4. The van der Waals surface area contributed by atoms with Gasteiger partial charge in [-0.25, -0.2) is 0 Å². The second-order valence-corrected chi connectivity index (χ2v) is 9.86. The van der Waals surface area contributed by atoms with E-state index in [4.69, 9.17) is 28.9 Å². The van der Waals surface area contributed by atoms with Crippen LogP contribution in [0.1, 0.15) is 31.8 Å². The zero-order chi connectivity index (χ0) is 26.5. The zero-order valence-corrected chi connectivity index (χ0v) is 20.7. The molecule has 11 nitrogen and oxygen atoms in total. The number of carbonyl (C=O) groups is 2. The summed E-state index contributed by atoms with van der Waals surface area (Å²) in [6.45, 7) is 0. The molecule has 0 saturated carbocycles. The van der Waals surface area contributed by atoms with E-state index in [1.54, 1.807) is 36.4 Å². The maximum Gasteiger partial charge on any atom is 0.296 e. The summed E-state index contributed by atoms with van der Waals surface area (Å²) in [5, 5.41) is 5.66. The Balaban J connectivity index is 1.56. The molecular weight excluding hydrogens is 543 g/mol. The topological polar surface area (TPSA) is 177 Å². The molecule has 5 N–H and O–H groups in total. The van der Waals surface area contributed by atoms with E-state index in [2.05, 4.69) is 25.6 Å². The van der Waals surface area contributed by atoms with Crippen LogP contribution in [0.5, 0.6) is 0 Å². The van der Waals surface area contributed by atoms with Crippen LogP contribution < -0.4 is 16.4 Å². The molecule has 1 aliphatic carbocycles. The Morgan fingerprint density at radius 1 is 0.784 bits per heavy atom. The summed E-state index contributed by atoms with van der Waals surface area (Å²) in [5.41, 5.74) is 6.25. The Labute approximate surface area is 219 Å². The summed E-state index contributed by atoms with van der Waals surface area (Å²) in [7, 11) is -4.83. The average Bonchev–Trinajstić information content (AvgIpc) is 2.83. The highest BCUT2D eigenvalue weighted by atomic mass is 35.5. The summed E-state index contributed by atoms with van der Waals surface area (Å²) in [4.78, 5) is 37.4. The van der Waals surface area contributed by atoms with E-state index in [0.717, 1.165) is 6.07 Å². The second-order valence-electron chi connectivity index (χ2n) is 7.79. The second kappa shape index (κ2) is 9.09. The fourth-order valence-electron chi connectivity index (χ4n) is 3.91. The van der Waals surface area contributed by atoms with Crippen molar-refractivity contribution in [1.82, 2.24) is 15.0 Å². The molecule has 0 spiro atoms. The number of carbonyl (C=O) groups excluding carboxylic acids is 2. The number of aromatic nitrogens is 3. The Hall–Kier alpha value is -4.10. The zero-order valence-electron chi connectivity index (χ0n) is 18.4. The fourth-order valence-corrected chi connectivity index (χ4v) is 4.92. The maximum atomic E-state index is 13.4. The Bertz CT molecular complexity index is 1710. The minimum atomic E-state index is -4.83. The van der Waals surface area contributed by atoms with Crippen molar-refractivity contribution in [3.05, 3.63) is 87.4 Å². The lowest BCUT2D eigenvalue weighted by Crippen LogP contribution is -2.25. The predicted molar refractivity (Wildman–Crippen MR) is 137 cm³/mol. The third kappa shape index (κ3) is 4.58. The molecule has 0 fully saturated rings. The number of rotatable bonds is 5. The summed E-state index contributed by atoms with van der Waals surface area (Å²) in [6.07, 6.45) is 0. The van der Waals surface area contributed by atoms with E-state index in [-0.39, 0.29) is 44.5 Å². The predicted octanol–water partition coefficient (Wildman–Crippen LogP) is 4.27. The SMILES string of the molecule is Nc1c(S(=O)(=O)O)cc(Nc2ccc(Nc3nc(Cl)nc(Cl)n3)cc2)c2c1C(=O)c1ccccc1C2=O. The van der Waals surface area contributed by atoms with Crippen molar-refractivity contribution in [2.45, 2.75) is 4.90 Å². The van der Waals surface area contributed by atoms with E-state index in [1.165, 1.54) is 12.1 Å². The quantitative estimate of drug-likeness (QED) is 0.179. The standard InChI is InChI=1S/C23H14Cl2N6O5S/c24-21-29-22(25)31-23(30-21)28-11-7-5-10(6-8-11)27-14-9-15(37(34,35)36)18(26)17-16(14)19(32)12-3-1-2-4-13(12)20(17)33/h1-9,27H,26H2,(H,34,35,36)(H,28,29,30,31). The highest BCUT2D eigenvalue weighted by Crippen LogP contribution is 2.40. The molecule has 0 amide bonds. The lowest BCUT2D eigenvalue weighted by atomic mass is 9.82. The molecule has 0 bridgehead atoms. The number of benzene rings is 3. The fraction of sp³-hybridized carbons (Fsp3) is 0. The van der Waals surface area contributed by atoms with E-state index in [1.807, 2.05) is 0 Å². The lowest BCUT2D eigenvalue weighted by molar-refractivity contribution is 0.0980. The number of hydrogen-bond donors (Lipinski definition) is 4. The molecule has 186 valence electrons. The van der Waals surface area contributed by atoms with Gasteiger partial charge in [0.1, 0.15) is 4.90 Å². The molecule has 1 heterocycles. The summed E-state index contributed by atoms with van der Waals surface area (Å²) >= 11 is 11.6. The van der Waals surface area contributed by atoms with Gasteiger partial charge in [0.25, 0.3) is 10.1 Å². The first-order chi connectivity index (χ1) is 17.5. The van der Waals surface area contributed by atoms with Crippen LogP contribution >= 0.6 is 23.2 Å². The van der Waals surface area contributed by atoms with E-state index < -0.39 is 32.3 Å². The molecule has 0 saturated heterocycles. The number of nitrogen functional groups attached to an aromatic ring is 1. The van der Waals surface area contributed by atoms with Gasteiger partial charge in [-0.1, -0.05) is 24.3 Å². The highest BCUT2D eigenvalue weighted by Gasteiger charge is 2.36. The number of halogens is 2. The monoisotopic (exact) mass is 556 g/mol. The molecule has 37 heavy (non-hydrogen) atoms. The molecule has 0 unspecified atom stereocenters. The normalized spacial score (nSPS) is 12.6. The largest absolute Gasteiger partial charge is 0.397 e. The Kier molecular flexibility index (Phi) is 6.04. The highest BCUT2D eigenvalue weighted by molar-refractivity contribution is 7.86. The van der Waals surface area contributed by atoms with Crippen molar-refractivity contribution in [2.75, 3.05) is 16.4 Å². The molecule has 0 aliphatic heterocycles. The molecule has 5 rings (SSSR count). The van der Waals surface area contributed by atoms with Crippen LogP contribution in [-0.2, 0) is 10.1 Å². The van der Waals surface area contributed by atoms with Gasteiger partial charge in [0, 0.05) is 22.5 Å². The number of nitrogens with one attached hydrogen (secondary N) is 2. The molecule has 0 radical (unpaired) electrons. The molecule has 0 atom stereocenters. The van der Waals surface area contributed by atoms with Crippen LogP contribution in [0.4, 0.5) is 28.7 Å². The third-order valence-corrected chi connectivity index (χ3v) is 6.71. The van der Waals surface area contributed by atoms with Crippen molar-refractivity contribution in [2.24, 2.45) is 0 Å². The number of anilines is 5. The molecule has 4 aromatic rings. The number of nitrogens with zero attached hydrogens (tertiary/aromatic N) is 3. The van der Waals surface area contributed by atoms with Crippen molar-refractivity contribution >= 4 is 73.6 Å². The molecule has 14 heteroatoms. The van der Waals surface area contributed by atoms with Gasteiger partial charge >= 0.3 is 0 Å². The van der Waals surface area contributed by atoms with Crippen LogP contribution in [0.15, 0.2) is 59.5 Å². The summed E-state index contributed by atoms with van der Waals surface area (Å²) in [5.74, 6) is -1.05. The minimum Gasteiger partial charge on any atom is -0.397 e. The summed E-state index contributed by atoms with van der Waals surface area (Å²) < 4.78 is 33.9. The lowest BCUT2D eigenvalue weighted by Gasteiger charge is -2.23. The van der Waals surface area contributed by atoms with E-state index in [0.29, 0.717) is 11.4 Å². The van der Waals surface area contributed by atoms with Gasteiger partial charge in [-0.3, -0.25) is 14.1 Å². The van der Waals surface area contributed by atoms with Gasteiger partial charge in [0.15, 0.2) is 11.6 Å². The Morgan fingerprint density at radius 2 is 1.30 bits per heavy atom. The first-order valence-electron chi connectivity index (χ1n) is 10.4. The Morgan fingerprint density at radius 3 is 1.84 bits per heavy atom. The minimum absolute atomic E-state index is 0.0265. The van der Waals surface area contributed by atoms with Gasteiger partial charge in [0.2, 0.25) is 16.5 Å². The number of hydrogen-bond acceptors (Lipinski definition) is 10. The summed E-state index contributed by atoms with van der Waals surface area (Å²) in [6, 6.07) is 13.6. The molecule has 1 aliphatic rings. The smallest absolute Gasteiger partial charge is 0.296 e. The van der Waals surface area contributed by atoms with E-state index in [9.17, 15) is 22.6 Å².